The van der Waals surface area contributed by atoms with Crippen LogP contribution in [-0.4, -0.2) is 40.5 Å². The highest BCUT2D eigenvalue weighted by molar-refractivity contribution is 5.94. The fourth-order valence-electron chi connectivity index (χ4n) is 1.32. The molecule has 0 aliphatic rings. The third-order valence-corrected chi connectivity index (χ3v) is 2.05. The number of hydrogen-bond donors (Lipinski definition) is 2. The van der Waals surface area contributed by atoms with E-state index in [-0.39, 0.29) is 17.9 Å². The number of nitro groups is 1. The summed E-state index contributed by atoms with van der Waals surface area (Å²) in [5.41, 5.74) is 4.16. The fourth-order valence-corrected chi connectivity index (χ4v) is 1.32. The van der Waals surface area contributed by atoms with E-state index in [1.54, 1.807) is 0 Å². The fraction of sp³-hybridized carbons (Fsp3) is 0.222. The van der Waals surface area contributed by atoms with Crippen LogP contribution >= 0.6 is 0 Å². The van der Waals surface area contributed by atoms with E-state index in [2.05, 4.69) is 4.98 Å². The molecule has 0 fully saturated rings. The van der Waals surface area contributed by atoms with Crippen LogP contribution in [0.4, 0.5) is 11.5 Å². The summed E-state index contributed by atoms with van der Waals surface area (Å²) in [6.45, 7) is -0.245. The lowest BCUT2D eigenvalue weighted by Crippen LogP contribution is -2.32. The van der Waals surface area contributed by atoms with Crippen molar-refractivity contribution in [2.75, 3.05) is 18.5 Å². The maximum Gasteiger partial charge on any atom is 0.339 e. The summed E-state index contributed by atoms with van der Waals surface area (Å²) in [7, 11) is 1.41. The van der Waals surface area contributed by atoms with Gasteiger partial charge in [0.15, 0.2) is 0 Å². The zero-order chi connectivity index (χ0) is 13.9. The molecule has 0 aliphatic heterocycles. The Bertz CT molecular complexity index is 516. The number of nitrogens with zero attached hydrogens (tertiary/aromatic N) is 3. The molecule has 0 aliphatic carbocycles. The van der Waals surface area contributed by atoms with Crippen LogP contribution in [0, 0.1) is 10.1 Å². The van der Waals surface area contributed by atoms with Crippen molar-refractivity contribution in [3.63, 3.8) is 0 Å². The first-order chi connectivity index (χ1) is 8.32. The summed E-state index contributed by atoms with van der Waals surface area (Å²) in [6.07, 6.45) is 0.916. The summed E-state index contributed by atoms with van der Waals surface area (Å²) < 4.78 is 0. The Morgan fingerprint density at radius 2 is 2.22 bits per heavy atom. The number of hydrogen-bond acceptors (Lipinski definition) is 6. The number of nitrogens with two attached hydrogens (primary N) is 1. The van der Waals surface area contributed by atoms with Crippen LogP contribution < -0.4 is 10.6 Å². The summed E-state index contributed by atoms with van der Waals surface area (Å²) in [5, 5.41) is 19.5. The molecule has 1 rings (SSSR count). The third-order valence-electron chi connectivity index (χ3n) is 2.05. The van der Waals surface area contributed by atoms with Crippen molar-refractivity contribution in [3.05, 3.63) is 27.9 Å². The van der Waals surface area contributed by atoms with Crippen molar-refractivity contribution in [3.8, 4) is 0 Å². The van der Waals surface area contributed by atoms with Gasteiger partial charge in [0.05, 0.1) is 11.5 Å². The average molecular weight is 254 g/mol. The van der Waals surface area contributed by atoms with Gasteiger partial charge in [0.2, 0.25) is 5.91 Å². The first-order valence-corrected chi connectivity index (χ1v) is 4.70. The second kappa shape index (κ2) is 5.08. The van der Waals surface area contributed by atoms with E-state index in [1.807, 2.05) is 0 Å². The van der Waals surface area contributed by atoms with Crippen molar-refractivity contribution in [1.82, 2.24) is 4.98 Å². The standard InChI is InChI=1S/C9H10N4O5/c1-12(4-7(10)14)8-6(9(15)16)2-5(3-11-8)13(17)18/h2-3H,4H2,1H3,(H2,10,14)(H,15,16). The maximum absolute atomic E-state index is 11.0. The van der Waals surface area contributed by atoms with Crippen LogP contribution in [0.25, 0.3) is 0 Å². The van der Waals surface area contributed by atoms with Crippen LogP contribution in [-0.2, 0) is 4.79 Å². The number of rotatable bonds is 5. The number of carboxylic acid groups (broad SMARTS) is 1. The number of amides is 1. The molecule has 0 bridgehead atoms. The van der Waals surface area contributed by atoms with E-state index in [1.165, 1.54) is 11.9 Å². The van der Waals surface area contributed by atoms with Gasteiger partial charge in [0.25, 0.3) is 5.69 Å². The lowest BCUT2D eigenvalue weighted by molar-refractivity contribution is -0.385. The highest BCUT2D eigenvalue weighted by atomic mass is 16.6. The molecule has 0 spiro atoms. The van der Waals surface area contributed by atoms with E-state index >= 15 is 0 Å². The minimum Gasteiger partial charge on any atom is -0.478 e. The van der Waals surface area contributed by atoms with Crippen LogP contribution in [0.15, 0.2) is 12.3 Å². The van der Waals surface area contributed by atoms with Gasteiger partial charge in [0.1, 0.15) is 17.6 Å². The molecule has 0 aromatic carbocycles. The van der Waals surface area contributed by atoms with E-state index in [0.29, 0.717) is 0 Å². The molecule has 9 nitrogen and oxygen atoms in total. The first-order valence-electron chi connectivity index (χ1n) is 4.70. The second-order valence-corrected chi connectivity index (χ2v) is 3.45. The largest absolute Gasteiger partial charge is 0.478 e. The van der Waals surface area contributed by atoms with Gasteiger partial charge in [-0.05, 0) is 0 Å². The number of aromatic nitrogens is 1. The van der Waals surface area contributed by atoms with Crippen molar-refractivity contribution < 1.29 is 19.6 Å². The van der Waals surface area contributed by atoms with Crippen molar-refractivity contribution in [1.29, 1.82) is 0 Å². The molecule has 0 unspecified atom stereocenters. The number of pyridine rings is 1. The number of likely N-dealkylation sites (N-methyl/N-ethyl adjacent to an activating group) is 1. The highest BCUT2D eigenvalue weighted by Gasteiger charge is 2.20. The number of carboxylic acids is 1. The van der Waals surface area contributed by atoms with Gasteiger partial charge in [-0.2, -0.15) is 0 Å². The highest BCUT2D eigenvalue weighted by Crippen LogP contribution is 2.21. The van der Waals surface area contributed by atoms with E-state index in [4.69, 9.17) is 10.8 Å². The predicted octanol–water partition coefficient (Wildman–Crippen LogP) is -0.391. The van der Waals surface area contributed by atoms with E-state index in [9.17, 15) is 19.7 Å². The molecule has 96 valence electrons. The number of primary amides is 1. The van der Waals surface area contributed by atoms with Gasteiger partial charge in [0, 0.05) is 13.1 Å². The normalized spacial score (nSPS) is 9.83. The van der Waals surface area contributed by atoms with Gasteiger partial charge >= 0.3 is 5.97 Å². The average Bonchev–Trinajstić information content (AvgIpc) is 2.26. The van der Waals surface area contributed by atoms with Gasteiger partial charge in [-0.25, -0.2) is 9.78 Å². The Hall–Kier alpha value is -2.71. The predicted molar refractivity (Wildman–Crippen MR) is 60.3 cm³/mol. The summed E-state index contributed by atoms with van der Waals surface area (Å²) >= 11 is 0. The molecular formula is C9H10N4O5. The molecule has 0 saturated carbocycles. The number of carbonyl (C=O) groups excluding carboxylic acids is 1. The Morgan fingerprint density at radius 3 is 2.67 bits per heavy atom. The van der Waals surface area contributed by atoms with Crippen LogP contribution in [0.5, 0.6) is 0 Å². The molecule has 3 N–H and O–H groups in total. The minimum atomic E-state index is -1.38. The zero-order valence-electron chi connectivity index (χ0n) is 9.36. The molecule has 0 atom stereocenters. The van der Waals surface area contributed by atoms with Crippen molar-refractivity contribution in [2.45, 2.75) is 0 Å². The van der Waals surface area contributed by atoms with Crippen LogP contribution in [0.2, 0.25) is 0 Å². The zero-order valence-corrected chi connectivity index (χ0v) is 9.36. The van der Waals surface area contributed by atoms with Gasteiger partial charge in [-0.1, -0.05) is 0 Å². The second-order valence-electron chi connectivity index (χ2n) is 3.45. The van der Waals surface area contributed by atoms with E-state index < -0.39 is 22.5 Å². The number of carbonyl (C=O) groups is 2. The summed E-state index contributed by atoms with van der Waals surface area (Å²) in [5.74, 6) is -2.11. The first kappa shape index (κ1) is 13.4. The van der Waals surface area contributed by atoms with Crippen LogP contribution in [0.3, 0.4) is 0 Å². The number of anilines is 1. The Labute approximate surface area is 101 Å². The quantitative estimate of drug-likeness (QED) is 0.538. The maximum atomic E-state index is 11.0. The molecular weight excluding hydrogens is 244 g/mol. The minimum absolute atomic E-state index is 0.0631. The smallest absolute Gasteiger partial charge is 0.339 e. The molecule has 9 heteroatoms. The molecule has 1 heterocycles. The number of aromatic carboxylic acids is 1. The van der Waals surface area contributed by atoms with Gasteiger partial charge in [-0.3, -0.25) is 14.9 Å². The molecule has 0 saturated heterocycles. The lowest BCUT2D eigenvalue weighted by atomic mass is 10.2. The Balaban J connectivity index is 3.23. The van der Waals surface area contributed by atoms with E-state index in [0.717, 1.165) is 12.3 Å². The molecule has 0 radical (unpaired) electrons. The van der Waals surface area contributed by atoms with Gasteiger partial charge in [-0.15, -0.1) is 0 Å². The Morgan fingerprint density at radius 1 is 1.61 bits per heavy atom. The van der Waals surface area contributed by atoms with Crippen molar-refractivity contribution in [2.24, 2.45) is 5.73 Å². The summed E-state index contributed by atoms with van der Waals surface area (Å²) in [6, 6.07) is 0.877. The molecule has 1 aromatic heterocycles. The summed E-state index contributed by atoms with van der Waals surface area (Å²) in [4.78, 5) is 36.4. The molecule has 18 heavy (non-hydrogen) atoms. The third kappa shape index (κ3) is 2.90. The van der Waals surface area contributed by atoms with Crippen LogP contribution in [0.1, 0.15) is 10.4 Å². The van der Waals surface area contributed by atoms with Crippen molar-refractivity contribution >= 4 is 23.4 Å². The SMILES string of the molecule is CN(CC(N)=O)c1ncc([N+](=O)[O-])cc1C(=O)O. The monoisotopic (exact) mass is 254 g/mol. The topological polar surface area (TPSA) is 140 Å². The lowest BCUT2D eigenvalue weighted by Gasteiger charge is -2.17. The van der Waals surface area contributed by atoms with Gasteiger partial charge < -0.3 is 15.7 Å². The molecule has 1 amide bonds. The molecule has 1 aromatic rings. The Kier molecular flexibility index (Phi) is 3.77.